The number of rotatable bonds is 3. The number of anilines is 2. The molecule has 0 aliphatic carbocycles. The molecule has 0 aromatic heterocycles. The average Bonchev–Trinajstić information content (AvgIpc) is 2.50. The summed E-state index contributed by atoms with van der Waals surface area (Å²) in [6, 6.07) is 18.6. The van der Waals surface area contributed by atoms with E-state index in [9.17, 15) is 0 Å². The standard InChI is InChI=1S/C19H18N2/c1-13-7-9-18(14(2)11-13)21-19-10-8-15(12-20)16-5-3-4-6-17(16)19/h3-12,20-21H,1-2H3. The second-order valence-corrected chi connectivity index (χ2v) is 5.34. The maximum atomic E-state index is 7.53. The van der Waals surface area contributed by atoms with Gasteiger partial charge in [-0.2, -0.15) is 0 Å². The first-order valence-corrected chi connectivity index (χ1v) is 7.05. The first-order chi connectivity index (χ1) is 10.2. The van der Waals surface area contributed by atoms with E-state index in [0.717, 1.165) is 27.7 Å². The van der Waals surface area contributed by atoms with E-state index in [1.165, 1.54) is 17.3 Å². The molecule has 0 fully saturated rings. The Bertz CT molecular complexity index is 819. The van der Waals surface area contributed by atoms with Crippen LogP contribution in [0, 0.1) is 19.3 Å². The molecule has 0 bridgehead atoms. The lowest BCUT2D eigenvalue weighted by Crippen LogP contribution is -1.96. The summed E-state index contributed by atoms with van der Waals surface area (Å²) >= 11 is 0. The van der Waals surface area contributed by atoms with Gasteiger partial charge >= 0.3 is 0 Å². The summed E-state index contributed by atoms with van der Waals surface area (Å²) in [5, 5.41) is 13.3. The summed E-state index contributed by atoms with van der Waals surface area (Å²) in [5.74, 6) is 0. The monoisotopic (exact) mass is 274 g/mol. The minimum Gasteiger partial charge on any atom is -0.355 e. The zero-order valence-electron chi connectivity index (χ0n) is 12.3. The van der Waals surface area contributed by atoms with Crippen molar-refractivity contribution in [2.24, 2.45) is 0 Å². The molecule has 3 aromatic rings. The van der Waals surface area contributed by atoms with Gasteiger partial charge in [0.05, 0.1) is 0 Å². The Labute approximate surface area is 125 Å². The van der Waals surface area contributed by atoms with Gasteiger partial charge in [0.1, 0.15) is 0 Å². The normalized spacial score (nSPS) is 10.6. The highest BCUT2D eigenvalue weighted by Gasteiger charge is 2.06. The van der Waals surface area contributed by atoms with Crippen molar-refractivity contribution >= 4 is 28.4 Å². The van der Waals surface area contributed by atoms with Crippen molar-refractivity contribution in [1.29, 1.82) is 5.41 Å². The van der Waals surface area contributed by atoms with E-state index in [0.29, 0.717) is 0 Å². The van der Waals surface area contributed by atoms with Crippen LogP contribution in [0.1, 0.15) is 16.7 Å². The van der Waals surface area contributed by atoms with Gasteiger partial charge < -0.3 is 10.7 Å². The third kappa shape index (κ3) is 2.52. The Kier molecular flexibility index (Phi) is 3.44. The minimum absolute atomic E-state index is 0.941. The minimum atomic E-state index is 0.941. The quantitative estimate of drug-likeness (QED) is 0.633. The van der Waals surface area contributed by atoms with Gasteiger partial charge in [-0.25, -0.2) is 0 Å². The fourth-order valence-electron chi connectivity index (χ4n) is 2.66. The van der Waals surface area contributed by atoms with Crippen LogP contribution in [-0.4, -0.2) is 6.21 Å². The van der Waals surface area contributed by atoms with Crippen molar-refractivity contribution in [1.82, 2.24) is 0 Å². The topological polar surface area (TPSA) is 35.9 Å². The molecule has 0 radical (unpaired) electrons. The Hall–Kier alpha value is -2.61. The molecule has 0 aliphatic rings. The molecule has 3 aromatic carbocycles. The van der Waals surface area contributed by atoms with Crippen molar-refractivity contribution in [2.75, 3.05) is 5.32 Å². The highest BCUT2D eigenvalue weighted by Crippen LogP contribution is 2.29. The molecule has 21 heavy (non-hydrogen) atoms. The fourth-order valence-corrected chi connectivity index (χ4v) is 2.66. The van der Waals surface area contributed by atoms with E-state index in [1.54, 1.807) is 0 Å². The molecule has 0 saturated heterocycles. The SMILES string of the molecule is Cc1ccc(Nc2ccc(C=N)c3ccccc23)c(C)c1. The molecule has 0 spiro atoms. The maximum Gasteiger partial charge on any atom is 0.0464 e. The highest BCUT2D eigenvalue weighted by atomic mass is 14.9. The summed E-state index contributed by atoms with van der Waals surface area (Å²) in [7, 11) is 0. The molecule has 0 amide bonds. The molecule has 2 heteroatoms. The zero-order chi connectivity index (χ0) is 14.8. The van der Waals surface area contributed by atoms with Crippen molar-refractivity contribution in [3.63, 3.8) is 0 Å². The average molecular weight is 274 g/mol. The number of hydrogen-bond donors (Lipinski definition) is 2. The summed E-state index contributed by atoms with van der Waals surface area (Å²) < 4.78 is 0. The third-order valence-corrected chi connectivity index (χ3v) is 3.76. The van der Waals surface area contributed by atoms with Gasteiger partial charge in [0.25, 0.3) is 0 Å². The largest absolute Gasteiger partial charge is 0.355 e. The van der Waals surface area contributed by atoms with Crippen LogP contribution in [-0.2, 0) is 0 Å². The number of fused-ring (bicyclic) bond motifs is 1. The lowest BCUT2D eigenvalue weighted by atomic mass is 10.0. The number of hydrogen-bond acceptors (Lipinski definition) is 2. The van der Waals surface area contributed by atoms with Crippen LogP contribution in [0.4, 0.5) is 11.4 Å². The predicted octanol–water partition coefficient (Wildman–Crippen LogP) is 5.20. The van der Waals surface area contributed by atoms with Crippen LogP contribution >= 0.6 is 0 Å². The van der Waals surface area contributed by atoms with Gasteiger partial charge in [-0.05, 0) is 42.5 Å². The second-order valence-electron chi connectivity index (χ2n) is 5.34. The van der Waals surface area contributed by atoms with E-state index in [-0.39, 0.29) is 0 Å². The van der Waals surface area contributed by atoms with Crippen molar-refractivity contribution in [3.8, 4) is 0 Å². The first kappa shape index (κ1) is 13.4. The number of benzene rings is 3. The second kappa shape index (κ2) is 5.41. The molecule has 104 valence electrons. The maximum absolute atomic E-state index is 7.53. The van der Waals surface area contributed by atoms with E-state index in [2.05, 4.69) is 49.5 Å². The molecule has 0 saturated carbocycles. The molecule has 0 heterocycles. The van der Waals surface area contributed by atoms with Gasteiger partial charge in [0.2, 0.25) is 0 Å². The Morgan fingerprint density at radius 2 is 1.57 bits per heavy atom. The smallest absolute Gasteiger partial charge is 0.0464 e. The lowest BCUT2D eigenvalue weighted by Gasteiger charge is -2.14. The molecule has 0 aliphatic heterocycles. The van der Waals surface area contributed by atoms with E-state index in [1.807, 2.05) is 24.3 Å². The molecular weight excluding hydrogens is 256 g/mol. The van der Waals surface area contributed by atoms with Crippen LogP contribution in [0.5, 0.6) is 0 Å². The van der Waals surface area contributed by atoms with Crippen LogP contribution in [0.25, 0.3) is 10.8 Å². The summed E-state index contributed by atoms with van der Waals surface area (Å²) in [6.45, 7) is 4.22. The van der Waals surface area contributed by atoms with Crippen LogP contribution in [0.2, 0.25) is 0 Å². The van der Waals surface area contributed by atoms with Crippen molar-refractivity contribution < 1.29 is 0 Å². The van der Waals surface area contributed by atoms with Gasteiger partial charge in [0, 0.05) is 23.0 Å². The number of aryl methyl sites for hydroxylation is 2. The van der Waals surface area contributed by atoms with Crippen molar-refractivity contribution in [3.05, 3.63) is 71.3 Å². The van der Waals surface area contributed by atoms with E-state index >= 15 is 0 Å². The number of nitrogens with one attached hydrogen (secondary N) is 2. The third-order valence-electron chi connectivity index (χ3n) is 3.76. The van der Waals surface area contributed by atoms with E-state index < -0.39 is 0 Å². The van der Waals surface area contributed by atoms with Crippen LogP contribution in [0.15, 0.2) is 54.6 Å². The molecule has 2 N–H and O–H groups in total. The van der Waals surface area contributed by atoms with Gasteiger partial charge in [0.15, 0.2) is 0 Å². The Balaban J connectivity index is 2.11. The molecule has 3 rings (SSSR count). The van der Waals surface area contributed by atoms with Gasteiger partial charge in [-0.3, -0.25) is 0 Å². The van der Waals surface area contributed by atoms with Gasteiger partial charge in [-0.1, -0.05) is 48.0 Å². The molecular formula is C19H18N2. The van der Waals surface area contributed by atoms with Gasteiger partial charge in [-0.15, -0.1) is 0 Å². The first-order valence-electron chi connectivity index (χ1n) is 7.05. The zero-order valence-corrected chi connectivity index (χ0v) is 12.3. The fraction of sp³-hybridized carbons (Fsp3) is 0.105. The Morgan fingerprint density at radius 3 is 2.29 bits per heavy atom. The summed E-state index contributed by atoms with van der Waals surface area (Å²) in [6.07, 6.45) is 1.41. The van der Waals surface area contributed by atoms with Crippen LogP contribution in [0.3, 0.4) is 0 Å². The van der Waals surface area contributed by atoms with Crippen molar-refractivity contribution in [2.45, 2.75) is 13.8 Å². The molecule has 2 nitrogen and oxygen atoms in total. The predicted molar refractivity (Wildman–Crippen MR) is 91.0 cm³/mol. The molecule has 0 atom stereocenters. The summed E-state index contributed by atoms with van der Waals surface area (Å²) in [4.78, 5) is 0. The summed E-state index contributed by atoms with van der Waals surface area (Å²) in [5.41, 5.74) is 5.63. The van der Waals surface area contributed by atoms with E-state index in [4.69, 9.17) is 5.41 Å². The highest BCUT2D eigenvalue weighted by molar-refractivity contribution is 6.05. The molecule has 0 unspecified atom stereocenters. The Morgan fingerprint density at radius 1 is 0.857 bits per heavy atom. The van der Waals surface area contributed by atoms with Crippen LogP contribution < -0.4 is 5.32 Å². The lowest BCUT2D eigenvalue weighted by molar-refractivity contribution is 1.37.